The fourth-order valence-electron chi connectivity index (χ4n) is 3.78. The van der Waals surface area contributed by atoms with Crippen LogP contribution in [0, 0.1) is 0 Å². The van der Waals surface area contributed by atoms with Crippen LogP contribution in [-0.4, -0.2) is 45.7 Å². The van der Waals surface area contributed by atoms with Crippen molar-refractivity contribution in [2.24, 2.45) is 0 Å². The number of nitrogens with one attached hydrogen (secondary N) is 1. The highest BCUT2D eigenvalue weighted by Gasteiger charge is 2.30. The number of likely N-dealkylation sites (tertiary alicyclic amines) is 1. The van der Waals surface area contributed by atoms with Gasteiger partial charge in [0.15, 0.2) is 0 Å². The summed E-state index contributed by atoms with van der Waals surface area (Å²) in [6, 6.07) is 0.391. The average molecular weight is 304 g/mol. The standard InChI is InChI=1S/C17H28N4O/c1-21-11-5-2-6-15(21)14-12-18-13-16(20-14)19-10-9-17(22)7-3-4-8-17/h12-13,15,22H,2-11H2,1H3,(H,19,20). The first kappa shape index (κ1) is 15.7. The van der Waals surface area contributed by atoms with Crippen molar-refractivity contribution in [2.45, 2.75) is 63.0 Å². The maximum atomic E-state index is 10.4. The molecule has 1 saturated carbocycles. The molecular formula is C17H28N4O. The predicted octanol–water partition coefficient (Wildman–Crippen LogP) is 2.74. The number of rotatable bonds is 5. The lowest BCUT2D eigenvalue weighted by atomic mass is 9.98. The molecule has 2 aliphatic rings. The zero-order valence-electron chi connectivity index (χ0n) is 13.6. The van der Waals surface area contributed by atoms with Crippen molar-refractivity contribution in [3.8, 4) is 0 Å². The number of aliphatic hydroxyl groups is 1. The van der Waals surface area contributed by atoms with Gasteiger partial charge in [0, 0.05) is 6.54 Å². The van der Waals surface area contributed by atoms with Crippen molar-refractivity contribution < 1.29 is 5.11 Å². The molecule has 1 aliphatic heterocycles. The van der Waals surface area contributed by atoms with Crippen molar-refractivity contribution in [1.29, 1.82) is 0 Å². The Morgan fingerprint density at radius 1 is 1.27 bits per heavy atom. The molecule has 1 aromatic heterocycles. The lowest BCUT2D eigenvalue weighted by Gasteiger charge is -2.31. The quantitative estimate of drug-likeness (QED) is 0.876. The lowest BCUT2D eigenvalue weighted by molar-refractivity contribution is 0.0424. The second-order valence-electron chi connectivity index (χ2n) is 6.93. The van der Waals surface area contributed by atoms with Crippen molar-refractivity contribution in [3.05, 3.63) is 18.1 Å². The van der Waals surface area contributed by atoms with Crippen molar-refractivity contribution in [3.63, 3.8) is 0 Å². The van der Waals surface area contributed by atoms with Gasteiger partial charge in [0.25, 0.3) is 0 Å². The molecule has 5 heteroatoms. The third-order valence-corrected chi connectivity index (χ3v) is 5.20. The molecule has 3 rings (SSSR count). The van der Waals surface area contributed by atoms with Crippen molar-refractivity contribution in [1.82, 2.24) is 14.9 Å². The molecule has 1 atom stereocenters. The fraction of sp³-hybridized carbons (Fsp3) is 0.765. The molecule has 1 aromatic rings. The Balaban J connectivity index is 1.56. The average Bonchev–Trinajstić information content (AvgIpc) is 2.95. The predicted molar refractivity (Wildman–Crippen MR) is 87.8 cm³/mol. The minimum atomic E-state index is -0.457. The molecule has 5 nitrogen and oxygen atoms in total. The number of piperidine rings is 1. The van der Waals surface area contributed by atoms with E-state index in [9.17, 15) is 5.11 Å². The minimum Gasteiger partial charge on any atom is -0.390 e. The summed E-state index contributed by atoms with van der Waals surface area (Å²) in [5, 5.41) is 13.7. The van der Waals surface area contributed by atoms with Crippen LogP contribution in [0.4, 0.5) is 5.82 Å². The second kappa shape index (κ2) is 6.92. The summed E-state index contributed by atoms with van der Waals surface area (Å²) in [7, 11) is 2.17. The van der Waals surface area contributed by atoms with E-state index in [1.807, 2.05) is 6.20 Å². The summed E-state index contributed by atoms with van der Waals surface area (Å²) in [5.74, 6) is 0.832. The normalized spacial score (nSPS) is 25.3. The van der Waals surface area contributed by atoms with E-state index in [1.165, 1.54) is 12.8 Å². The van der Waals surface area contributed by atoms with Crippen LogP contribution >= 0.6 is 0 Å². The number of anilines is 1. The summed E-state index contributed by atoms with van der Waals surface area (Å²) in [6.07, 6.45) is 12.3. The highest BCUT2D eigenvalue weighted by molar-refractivity contribution is 5.32. The lowest BCUT2D eigenvalue weighted by Crippen LogP contribution is -2.30. The summed E-state index contributed by atoms with van der Waals surface area (Å²) in [5.41, 5.74) is 0.605. The molecule has 1 unspecified atom stereocenters. The summed E-state index contributed by atoms with van der Waals surface area (Å²) in [4.78, 5) is 11.5. The highest BCUT2D eigenvalue weighted by Crippen LogP contribution is 2.32. The minimum absolute atomic E-state index is 0.391. The first-order chi connectivity index (χ1) is 10.7. The molecule has 22 heavy (non-hydrogen) atoms. The first-order valence-corrected chi connectivity index (χ1v) is 8.65. The van der Waals surface area contributed by atoms with Gasteiger partial charge < -0.3 is 10.4 Å². The van der Waals surface area contributed by atoms with E-state index in [1.54, 1.807) is 6.20 Å². The molecule has 2 heterocycles. The number of nitrogens with zero attached hydrogens (tertiary/aromatic N) is 3. The molecule has 0 amide bonds. The van der Waals surface area contributed by atoms with Crippen LogP contribution in [0.25, 0.3) is 0 Å². The zero-order valence-corrected chi connectivity index (χ0v) is 13.6. The SMILES string of the molecule is CN1CCCCC1c1cncc(NCCC2(O)CCCC2)n1. The van der Waals surface area contributed by atoms with E-state index in [-0.39, 0.29) is 0 Å². The Bertz CT molecular complexity index is 487. The van der Waals surface area contributed by atoms with E-state index < -0.39 is 5.60 Å². The van der Waals surface area contributed by atoms with Gasteiger partial charge in [-0.05, 0) is 45.7 Å². The van der Waals surface area contributed by atoms with Crippen LogP contribution in [0.5, 0.6) is 0 Å². The molecule has 0 spiro atoms. The van der Waals surface area contributed by atoms with Gasteiger partial charge in [-0.2, -0.15) is 0 Å². The van der Waals surface area contributed by atoms with Crippen LogP contribution in [0.3, 0.4) is 0 Å². The largest absolute Gasteiger partial charge is 0.390 e. The monoisotopic (exact) mass is 304 g/mol. The van der Waals surface area contributed by atoms with Gasteiger partial charge in [-0.25, -0.2) is 4.98 Å². The molecule has 0 bridgehead atoms. The maximum Gasteiger partial charge on any atom is 0.144 e. The molecule has 0 aromatic carbocycles. The summed E-state index contributed by atoms with van der Waals surface area (Å²) >= 11 is 0. The van der Waals surface area contributed by atoms with Crippen LogP contribution < -0.4 is 5.32 Å². The molecule has 2 fully saturated rings. The molecule has 2 N–H and O–H groups in total. The molecule has 122 valence electrons. The van der Waals surface area contributed by atoms with Crippen LogP contribution in [-0.2, 0) is 0 Å². The Morgan fingerprint density at radius 2 is 2.09 bits per heavy atom. The van der Waals surface area contributed by atoms with E-state index in [0.29, 0.717) is 6.04 Å². The van der Waals surface area contributed by atoms with Gasteiger partial charge >= 0.3 is 0 Å². The summed E-state index contributed by atoms with van der Waals surface area (Å²) < 4.78 is 0. The highest BCUT2D eigenvalue weighted by atomic mass is 16.3. The number of aromatic nitrogens is 2. The molecular weight excluding hydrogens is 276 g/mol. The topological polar surface area (TPSA) is 61.3 Å². The Hall–Kier alpha value is -1.20. The van der Waals surface area contributed by atoms with Gasteiger partial charge in [0.05, 0.1) is 29.7 Å². The van der Waals surface area contributed by atoms with E-state index in [0.717, 1.165) is 63.1 Å². The van der Waals surface area contributed by atoms with Crippen molar-refractivity contribution >= 4 is 5.82 Å². The second-order valence-corrected chi connectivity index (χ2v) is 6.93. The van der Waals surface area contributed by atoms with Crippen LogP contribution in [0.15, 0.2) is 12.4 Å². The van der Waals surface area contributed by atoms with E-state index in [2.05, 4.69) is 22.2 Å². The van der Waals surface area contributed by atoms with Crippen molar-refractivity contribution in [2.75, 3.05) is 25.5 Å². The molecule has 0 radical (unpaired) electrons. The van der Waals surface area contributed by atoms with E-state index in [4.69, 9.17) is 4.98 Å². The number of hydrogen-bond donors (Lipinski definition) is 2. The van der Waals surface area contributed by atoms with Gasteiger partial charge in [0.1, 0.15) is 5.82 Å². The van der Waals surface area contributed by atoms with Crippen LogP contribution in [0.1, 0.15) is 63.1 Å². The van der Waals surface area contributed by atoms with E-state index >= 15 is 0 Å². The first-order valence-electron chi connectivity index (χ1n) is 8.65. The summed E-state index contributed by atoms with van der Waals surface area (Å²) in [6.45, 7) is 1.90. The van der Waals surface area contributed by atoms with Gasteiger partial charge in [-0.1, -0.05) is 19.3 Å². The van der Waals surface area contributed by atoms with Gasteiger partial charge in [0.2, 0.25) is 0 Å². The third-order valence-electron chi connectivity index (χ3n) is 5.20. The Kier molecular flexibility index (Phi) is 4.93. The molecule has 1 aliphatic carbocycles. The molecule has 1 saturated heterocycles. The number of hydrogen-bond acceptors (Lipinski definition) is 5. The Labute approximate surface area is 133 Å². The van der Waals surface area contributed by atoms with Gasteiger partial charge in [-0.15, -0.1) is 0 Å². The van der Waals surface area contributed by atoms with Crippen LogP contribution in [0.2, 0.25) is 0 Å². The third kappa shape index (κ3) is 3.76. The zero-order chi connectivity index (χ0) is 15.4. The smallest absolute Gasteiger partial charge is 0.144 e. The Morgan fingerprint density at radius 3 is 2.86 bits per heavy atom. The van der Waals surface area contributed by atoms with Gasteiger partial charge in [-0.3, -0.25) is 9.88 Å². The fourth-order valence-corrected chi connectivity index (χ4v) is 3.78. The maximum absolute atomic E-state index is 10.4.